The summed E-state index contributed by atoms with van der Waals surface area (Å²) in [6.07, 6.45) is 4.89. The first-order valence-corrected chi connectivity index (χ1v) is 9.42. The first kappa shape index (κ1) is 19.5. The number of likely N-dealkylation sites (tertiary alicyclic amines) is 1. The molecule has 2 fully saturated rings. The molecule has 1 aliphatic carbocycles. The molecule has 1 aliphatic heterocycles. The Kier molecular flexibility index (Phi) is 6.21. The van der Waals surface area contributed by atoms with Crippen LogP contribution in [0.2, 0.25) is 0 Å². The maximum atomic E-state index is 13.0. The molecule has 27 heavy (non-hydrogen) atoms. The van der Waals surface area contributed by atoms with Gasteiger partial charge in [-0.1, -0.05) is 0 Å². The Morgan fingerprint density at radius 2 is 1.89 bits per heavy atom. The van der Waals surface area contributed by atoms with Gasteiger partial charge in [0.25, 0.3) is 5.91 Å². The Labute approximate surface area is 159 Å². The van der Waals surface area contributed by atoms with E-state index in [9.17, 15) is 9.59 Å². The quantitative estimate of drug-likeness (QED) is 0.786. The highest BCUT2D eigenvalue weighted by molar-refractivity contribution is 5.95. The van der Waals surface area contributed by atoms with Crippen molar-refractivity contribution in [1.29, 1.82) is 0 Å². The van der Waals surface area contributed by atoms with Crippen molar-refractivity contribution in [2.24, 2.45) is 0 Å². The summed E-state index contributed by atoms with van der Waals surface area (Å²) < 4.78 is 16.8. The molecule has 7 nitrogen and oxygen atoms in total. The second-order valence-corrected chi connectivity index (χ2v) is 7.19. The average molecular weight is 377 g/mol. The fourth-order valence-corrected chi connectivity index (χ4v) is 3.94. The van der Waals surface area contributed by atoms with Gasteiger partial charge in [-0.2, -0.15) is 0 Å². The number of carboxylic acids is 1. The molecule has 1 saturated carbocycles. The topological polar surface area (TPSA) is 85.3 Å². The molecule has 1 aromatic rings. The van der Waals surface area contributed by atoms with Crippen molar-refractivity contribution in [2.45, 2.75) is 56.8 Å². The highest BCUT2D eigenvalue weighted by Gasteiger charge is 2.37. The molecule has 1 saturated heterocycles. The third-order valence-electron chi connectivity index (χ3n) is 5.39. The lowest BCUT2D eigenvalue weighted by molar-refractivity contribution is -0.138. The van der Waals surface area contributed by atoms with E-state index in [4.69, 9.17) is 19.3 Å². The van der Waals surface area contributed by atoms with Crippen molar-refractivity contribution in [2.75, 3.05) is 20.8 Å². The van der Waals surface area contributed by atoms with Gasteiger partial charge in [-0.05, 0) is 50.3 Å². The lowest BCUT2D eigenvalue weighted by atomic mass is 10.1. The number of methoxy groups -OCH3 is 2. The molecule has 7 heteroatoms. The SMILES string of the molecule is COc1cc(C(=O)N2CC(OC)CC2CC(=O)O)ccc1OC1CCCC1. The number of hydrogen-bond donors (Lipinski definition) is 1. The van der Waals surface area contributed by atoms with Crippen molar-refractivity contribution in [3.63, 3.8) is 0 Å². The number of benzene rings is 1. The van der Waals surface area contributed by atoms with Gasteiger partial charge >= 0.3 is 5.97 Å². The van der Waals surface area contributed by atoms with Gasteiger partial charge in [0.05, 0.1) is 25.7 Å². The summed E-state index contributed by atoms with van der Waals surface area (Å²) in [7, 11) is 3.13. The molecule has 2 atom stereocenters. The number of ether oxygens (including phenoxy) is 3. The second-order valence-electron chi connectivity index (χ2n) is 7.19. The molecule has 3 rings (SSSR count). The zero-order valence-corrected chi connectivity index (χ0v) is 15.8. The Balaban J connectivity index is 1.77. The van der Waals surface area contributed by atoms with Crippen molar-refractivity contribution in [3.8, 4) is 11.5 Å². The molecule has 148 valence electrons. The molecule has 1 heterocycles. The molecule has 1 N–H and O–H groups in total. The first-order chi connectivity index (χ1) is 13.0. The van der Waals surface area contributed by atoms with Crippen LogP contribution in [-0.2, 0) is 9.53 Å². The maximum absolute atomic E-state index is 13.0. The fourth-order valence-electron chi connectivity index (χ4n) is 3.94. The van der Waals surface area contributed by atoms with Gasteiger partial charge in [-0.3, -0.25) is 9.59 Å². The molecule has 0 spiro atoms. The number of aliphatic carboxylic acids is 1. The van der Waals surface area contributed by atoms with E-state index in [0.717, 1.165) is 12.8 Å². The molecule has 2 aliphatic rings. The minimum atomic E-state index is -0.924. The Morgan fingerprint density at radius 1 is 1.15 bits per heavy atom. The highest BCUT2D eigenvalue weighted by atomic mass is 16.5. The summed E-state index contributed by atoms with van der Waals surface area (Å²) in [5.74, 6) is 0.0169. The summed E-state index contributed by atoms with van der Waals surface area (Å²) in [5, 5.41) is 9.14. The largest absolute Gasteiger partial charge is 0.493 e. The normalized spacial score (nSPS) is 22.8. The molecule has 1 aromatic carbocycles. The predicted octanol–water partition coefficient (Wildman–Crippen LogP) is 2.72. The number of rotatable bonds is 7. The van der Waals surface area contributed by atoms with E-state index in [2.05, 4.69) is 0 Å². The highest BCUT2D eigenvalue weighted by Crippen LogP contribution is 2.33. The van der Waals surface area contributed by atoms with E-state index >= 15 is 0 Å². The van der Waals surface area contributed by atoms with Gasteiger partial charge in [-0.25, -0.2) is 0 Å². The molecule has 0 aromatic heterocycles. The molecule has 0 bridgehead atoms. The second kappa shape index (κ2) is 8.61. The number of hydrogen-bond acceptors (Lipinski definition) is 5. The van der Waals surface area contributed by atoms with Gasteiger partial charge in [0.2, 0.25) is 0 Å². The van der Waals surface area contributed by atoms with Gasteiger partial charge < -0.3 is 24.2 Å². The van der Waals surface area contributed by atoms with Crippen LogP contribution in [0.5, 0.6) is 11.5 Å². The number of carbonyl (C=O) groups is 2. The van der Waals surface area contributed by atoms with Gasteiger partial charge in [0, 0.05) is 25.3 Å². The van der Waals surface area contributed by atoms with E-state index in [1.807, 2.05) is 0 Å². The summed E-state index contributed by atoms with van der Waals surface area (Å²) in [6.45, 7) is 0.385. The van der Waals surface area contributed by atoms with Crippen LogP contribution in [0.15, 0.2) is 18.2 Å². The minimum Gasteiger partial charge on any atom is -0.493 e. The monoisotopic (exact) mass is 377 g/mol. The fraction of sp³-hybridized carbons (Fsp3) is 0.600. The molecule has 2 unspecified atom stereocenters. The number of carbonyl (C=O) groups excluding carboxylic acids is 1. The number of carboxylic acid groups (broad SMARTS) is 1. The number of nitrogens with zero attached hydrogens (tertiary/aromatic N) is 1. The summed E-state index contributed by atoms with van der Waals surface area (Å²) in [5.41, 5.74) is 0.456. The van der Waals surface area contributed by atoms with E-state index in [1.54, 1.807) is 37.3 Å². The first-order valence-electron chi connectivity index (χ1n) is 9.42. The summed E-state index contributed by atoms with van der Waals surface area (Å²) >= 11 is 0. The van der Waals surface area contributed by atoms with Gasteiger partial charge in [0.15, 0.2) is 11.5 Å². The maximum Gasteiger partial charge on any atom is 0.305 e. The number of amides is 1. The minimum absolute atomic E-state index is 0.0917. The van der Waals surface area contributed by atoms with E-state index in [1.165, 1.54) is 12.8 Å². The van der Waals surface area contributed by atoms with E-state index in [0.29, 0.717) is 30.0 Å². The van der Waals surface area contributed by atoms with Crippen LogP contribution >= 0.6 is 0 Å². The van der Waals surface area contributed by atoms with Gasteiger partial charge in [-0.15, -0.1) is 0 Å². The Hall–Kier alpha value is -2.28. The Bertz CT molecular complexity index is 685. The van der Waals surface area contributed by atoms with Crippen LogP contribution in [0.25, 0.3) is 0 Å². The van der Waals surface area contributed by atoms with Crippen molar-refractivity contribution < 1.29 is 28.9 Å². The summed E-state index contributed by atoms with van der Waals surface area (Å²) in [6, 6.07) is 4.78. The zero-order valence-electron chi connectivity index (χ0n) is 15.8. The standard InChI is InChI=1S/C20H27NO6/c1-25-16-10-14(11-19(22)23)21(12-16)20(24)13-7-8-17(18(9-13)26-2)27-15-5-3-4-6-15/h7-9,14-16H,3-6,10-12H2,1-2H3,(H,22,23). The van der Waals surface area contributed by atoms with Crippen molar-refractivity contribution in [1.82, 2.24) is 4.90 Å². The van der Waals surface area contributed by atoms with E-state index < -0.39 is 5.97 Å². The lowest BCUT2D eigenvalue weighted by Crippen LogP contribution is -2.37. The lowest BCUT2D eigenvalue weighted by Gasteiger charge is -2.24. The predicted molar refractivity (Wildman–Crippen MR) is 98.4 cm³/mol. The van der Waals surface area contributed by atoms with Crippen LogP contribution in [0.4, 0.5) is 0 Å². The van der Waals surface area contributed by atoms with Gasteiger partial charge in [0.1, 0.15) is 0 Å². The van der Waals surface area contributed by atoms with Crippen LogP contribution in [0.3, 0.4) is 0 Å². The van der Waals surface area contributed by atoms with Crippen molar-refractivity contribution in [3.05, 3.63) is 23.8 Å². The van der Waals surface area contributed by atoms with Crippen LogP contribution in [0, 0.1) is 0 Å². The third-order valence-corrected chi connectivity index (χ3v) is 5.39. The molecule has 1 amide bonds. The zero-order chi connectivity index (χ0) is 19.4. The third kappa shape index (κ3) is 4.53. The molecular weight excluding hydrogens is 350 g/mol. The van der Waals surface area contributed by atoms with E-state index in [-0.39, 0.29) is 30.6 Å². The smallest absolute Gasteiger partial charge is 0.305 e. The Morgan fingerprint density at radius 3 is 2.52 bits per heavy atom. The average Bonchev–Trinajstić information content (AvgIpc) is 3.30. The summed E-state index contributed by atoms with van der Waals surface area (Å²) in [4.78, 5) is 25.7. The van der Waals surface area contributed by atoms with Crippen LogP contribution in [0.1, 0.15) is 48.9 Å². The van der Waals surface area contributed by atoms with Crippen LogP contribution < -0.4 is 9.47 Å². The molecular formula is C20H27NO6. The van der Waals surface area contributed by atoms with Crippen LogP contribution in [-0.4, -0.2) is 60.9 Å². The molecule has 0 radical (unpaired) electrons. The van der Waals surface area contributed by atoms with Crippen molar-refractivity contribution >= 4 is 11.9 Å².